The van der Waals surface area contributed by atoms with Crippen molar-refractivity contribution in [3.8, 4) is 0 Å². The van der Waals surface area contributed by atoms with Gasteiger partial charge in [0.1, 0.15) is 0 Å². The van der Waals surface area contributed by atoms with Crippen LogP contribution in [0.1, 0.15) is 0 Å². The molecule has 0 aliphatic heterocycles. The Bertz CT molecular complexity index is 114. The Hall–Kier alpha value is 0.135. The Kier molecular flexibility index (Phi) is 531000. The van der Waals surface area contributed by atoms with Crippen molar-refractivity contribution in [3.05, 3.63) is 39.4 Å². The van der Waals surface area contributed by atoms with Crippen LogP contribution in [0.25, 0.3) is 0 Å². The first-order chi connectivity index (χ1) is 7.00. The van der Waals surface area contributed by atoms with Gasteiger partial charge in [-0.1, -0.05) is 0 Å². The van der Waals surface area contributed by atoms with E-state index < -0.39 is 0 Å². The summed E-state index contributed by atoms with van der Waals surface area (Å²) in [6.45, 7) is 28.5. The van der Waals surface area contributed by atoms with Crippen LogP contribution < -0.4 is 68.9 Å². The molecule has 0 aromatic heterocycles. The zero-order chi connectivity index (χ0) is 14.0. The molecule has 0 aromatic rings. The first kappa shape index (κ1) is 59.4. The molecular formula is C6CsFeN6Zn-5. The van der Waals surface area contributed by atoms with Crippen LogP contribution in [-0.4, -0.2) is 0 Å². The quantitative estimate of drug-likeness (QED) is 0.321. The summed E-state index contributed by atoms with van der Waals surface area (Å²) in [7, 11) is 0. The average Bonchev–Trinajstić information content (AvgIpc) is 2.45. The molecule has 0 N–H and O–H groups in total. The van der Waals surface area contributed by atoms with E-state index in [4.69, 9.17) is 71.0 Å². The molecule has 0 bridgehead atoms. The third kappa shape index (κ3) is 115000. The molecule has 15 heavy (non-hydrogen) atoms. The molecule has 0 radical (unpaired) electrons. The van der Waals surface area contributed by atoms with Gasteiger partial charge in [0.25, 0.3) is 0 Å². The van der Waals surface area contributed by atoms with Crippen molar-refractivity contribution in [2.75, 3.05) is 0 Å². The molecule has 0 saturated heterocycles. The molecule has 0 fully saturated rings. The molecule has 0 heterocycles. The molecule has 0 aromatic carbocycles. The van der Waals surface area contributed by atoms with E-state index in [0.717, 1.165) is 15.8 Å². The molecule has 0 aliphatic carbocycles. The van der Waals surface area contributed by atoms with E-state index >= 15 is 0 Å². The number of hydrogen-bond donors (Lipinski definition) is 0. The van der Waals surface area contributed by atoms with Gasteiger partial charge in [0.2, 0.25) is 0 Å². The summed E-state index contributed by atoms with van der Waals surface area (Å²) in [5.41, 5.74) is 0. The van der Waals surface area contributed by atoms with E-state index in [2.05, 4.69) is 13.2 Å². The van der Waals surface area contributed by atoms with E-state index in [9.17, 15) is 0 Å². The van der Waals surface area contributed by atoms with E-state index in [0.29, 0.717) is 0 Å². The Morgan fingerprint density at radius 3 is 0.467 bits per heavy atom. The van der Waals surface area contributed by atoms with Gasteiger partial charge in [-0.25, -0.2) is 0 Å². The fraction of sp³-hybridized carbons (Fsp3) is 0. The van der Waals surface area contributed by atoms with Crippen molar-refractivity contribution >= 4 is 0 Å². The summed E-state index contributed by atoms with van der Waals surface area (Å²) in [6, 6.07) is 0. The molecule has 0 amide bonds. The molecular weight excluding hydrogens is 410 g/mol. The predicted molar refractivity (Wildman–Crippen MR) is 29.8 cm³/mol. The second-order valence-corrected chi connectivity index (χ2v) is 0. The van der Waals surface area contributed by atoms with E-state index in [1.54, 1.807) is 0 Å². The third-order valence-electron chi connectivity index (χ3n) is 0. The average molecular weight is 410 g/mol. The van der Waals surface area contributed by atoms with Crippen molar-refractivity contribution < 1.29 is 97.8 Å². The minimum atomic E-state index is 0. The van der Waals surface area contributed by atoms with E-state index in [1.807, 2.05) is 0 Å². The van der Waals surface area contributed by atoms with Crippen LogP contribution in [0.3, 0.4) is 0 Å². The van der Waals surface area contributed by atoms with Gasteiger partial charge < -0.3 is 71.0 Å². The molecule has 9 heteroatoms. The van der Waals surface area contributed by atoms with Crippen molar-refractivity contribution in [1.82, 2.24) is 0 Å². The van der Waals surface area contributed by atoms with E-state index in [-0.39, 0.29) is 68.9 Å². The van der Waals surface area contributed by atoms with Gasteiger partial charge in [0.15, 0.2) is 0 Å². The van der Waals surface area contributed by atoms with Crippen LogP contribution in [0.15, 0.2) is 0 Å². The topological polar surface area (TPSA) is 143 Å². The fourth-order valence-electron chi connectivity index (χ4n) is 0. The van der Waals surface area contributed by atoms with Gasteiger partial charge >= 0.3 is 97.8 Å². The van der Waals surface area contributed by atoms with Crippen LogP contribution in [0.5, 0.6) is 0 Å². The maximum absolute atomic E-state index is 6.25. The maximum atomic E-state index is 6.25. The Labute approximate surface area is 165 Å². The first-order valence-corrected chi connectivity index (χ1v) is 6.70. The van der Waals surface area contributed by atoms with Gasteiger partial charge in [0.05, 0.1) is 0 Å². The van der Waals surface area contributed by atoms with Crippen LogP contribution in [-0.2, 0) is 28.9 Å². The molecule has 0 atom stereocenters. The van der Waals surface area contributed by atoms with Crippen LogP contribution >= 0.6 is 0 Å². The molecule has 0 saturated carbocycles. The summed E-state index contributed by atoms with van der Waals surface area (Å²) in [5.74, 6) is 0. The summed E-state index contributed by atoms with van der Waals surface area (Å²) in [4.78, 5) is 0. The Balaban J connectivity index is -0.00000000628. The van der Waals surface area contributed by atoms with Crippen LogP contribution in [0.4, 0.5) is 0 Å². The summed E-state index contributed by atoms with van der Waals surface area (Å²) < 4.78 is 0. The number of rotatable bonds is 0. The molecule has 0 rings (SSSR count). The molecule has 0 unspecified atom stereocenters. The summed E-state index contributed by atoms with van der Waals surface area (Å²) in [5, 5.41) is 37.5. The SMILES string of the molecule is [C-]#N.[C-]#N.[C-]#N.[C-]#N.[C-]#N.[C-]#N.[Cs+].[Fe]=[Zn]. The number of hydrogen-bond acceptors (Lipinski definition) is 6. The molecule has 0 spiro atoms. The van der Waals surface area contributed by atoms with Crippen molar-refractivity contribution in [2.45, 2.75) is 0 Å². The van der Waals surface area contributed by atoms with Gasteiger partial charge in [0, 0.05) is 0 Å². The van der Waals surface area contributed by atoms with Gasteiger partial charge in [-0.3, -0.25) is 0 Å². The fourth-order valence-corrected chi connectivity index (χ4v) is 0. The van der Waals surface area contributed by atoms with Crippen LogP contribution in [0.2, 0.25) is 0 Å². The van der Waals surface area contributed by atoms with Crippen molar-refractivity contribution in [3.63, 3.8) is 0 Å². The van der Waals surface area contributed by atoms with Crippen molar-refractivity contribution in [2.24, 2.45) is 0 Å². The monoisotopic (exact) mass is 409 g/mol. The summed E-state index contributed by atoms with van der Waals surface area (Å²) >= 11 is 4.50. The second-order valence-electron chi connectivity index (χ2n) is 0. The normalized spacial score (nSPS) is 1.27. The van der Waals surface area contributed by atoms with Gasteiger partial charge in [-0.05, 0) is 0 Å². The van der Waals surface area contributed by atoms with Gasteiger partial charge in [-0.2, -0.15) is 0 Å². The summed E-state index contributed by atoms with van der Waals surface area (Å²) in [6.07, 6.45) is 0. The Morgan fingerprint density at radius 1 is 0.467 bits per heavy atom. The molecule has 0 aliphatic rings. The number of nitrogens with zero attached hydrogens (tertiary/aromatic N) is 6. The third-order valence-corrected chi connectivity index (χ3v) is 0. The molecule has 6 nitrogen and oxygen atoms in total. The van der Waals surface area contributed by atoms with Gasteiger partial charge in [-0.15, -0.1) is 0 Å². The zero-order valence-corrected chi connectivity index (χ0v) is 18.1. The predicted octanol–water partition coefficient (Wildman–Crippen LogP) is -2.42. The zero-order valence-electron chi connectivity index (χ0n) is 7.74. The van der Waals surface area contributed by atoms with Crippen LogP contribution in [0, 0.1) is 71.0 Å². The Morgan fingerprint density at radius 2 is 0.467 bits per heavy atom. The molecule has 70 valence electrons. The first-order valence-electron chi connectivity index (χ1n) is 1.59. The second kappa shape index (κ2) is 134000. The minimum absolute atomic E-state index is 0. The van der Waals surface area contributed by atoms with Crippen molar-refractivity contribution in [1.29, 1.82) is 31.6 Å². The van der Waals surface area contributed by atoms with E-state index in [1.165, 1.54) is 0 Å². The standard InChI is InChI=1S/6CN.Cs.Fe.Zn/c6*1-2;;;/q6*-1;+1;;.